The molecule has 0 radical (unpaired) electrons. The first-order valence-corrected chi connectivity index (χ1v) is 9.05. The predicted octanol–water partition coefficient (Wildman–Crippen LogP) is 5.44. The molecular weight excluding hydrogens is 342 g/mol. The van der Waals surface area contributed by atoms with E-state index in [4.69, 9.17) is 5.73 Å². The Morgan fingerprint density at radius 2 is 1.62 bits per heavy atom. The van der Waals surface area contributed by atoms with E-state index in [1.807, 2.05) is 0 Å². The molecule has 3 heteroatoms. The molecule has 0 aliphatic carbocycles. The number of thioether (sulfide) groups is 1. The molecule has 0 saturated heterocycles. The summed E-state index contributed by atoms with van der Waals surface area (Å²) >= 11 is 5.25. The van der Waals surface area contributed by atoms with Crippen LogP contribution in [0.15, 0.2) is 57.9 Å². The van der Waals surface area contributed by atoms with Crippen LogP contribution < -0.4 is 5.73 Å². The van der Waals surface area contributed by atoms with E-state index in [9.17, 15) is 0 Å². The van der Waals surface area contributed by atoms with Crippen molar-refractivity contribution in [1.82, 2.24) is 0 Å². The molecular formula is C18H22BrNS. The second-order valence-electron chi connectivity index (χ2n) is 5.71. The Bertz CT molecular complexity index is 548. The maximum atomic E-state index is 6.29. The Morgan fingerprint density at radius 3 is 2.19 bits per heavy atom. The van der Waals surface area contributed by atoms with Gasteiger partial charge in [0.2, 0.25) is 0 Å². The van der Waals surface area contributed by atoms with Crippen LogP contribution in [0, 0.1) is 5.92 Å². The molecule has 21 heavy (non-hydrogen) atoms. The summed E-state index contributed by atoms with van der Waals surface area (Å²) < 4.78 is 1.11. The first-order chi connectivity index (χ1) is 10.0. The minimum Gasteiger partial charge on any atom is -0.323 e. The van der Waals surface area contributed by atoms with Crippen molar-refractivity contribution in [3.63, 3.8) is 0 Å². The molecule has 0 aliphatic rings. The van der Waals surface area contributed by atoms with Crippen molar-refractivity contribution in [1.29, 1.82) is 0 Å². The zero-order chi connectivity index (χ0) is 15.2. The van der Waals surface area contributed by atoms with Crippen LogP contribution in [0.5, 0.6) is 0 Å². The third-order valence-corrected chi connectivity index (χ3v) is 4.95. The summed E-state index contributed by atoms with van der Waals surface area (Å²) in [5.41, 5.74) is 8.90. The van der Waals surface area contributed by atoms with Crippen molar-refractivity contribution in [3.05, 3.63) is 64.1 Å². The third kappa shape index (κ3) is 5.50. The molecule has 1 unspecified atom stereocenters. The van der Waals surface area contributed by atoms with Gasteiger partial charge in [-0.3, -0.25) is 0 Å². The molecule has 1 nitrogen and oxygen atoms in total. The highest BCUT2D eigenvalue weighted by Gasteiger charge is 2.07. The highest BCUT2D eigenvalue weighted by Crippen LogP contribution is 2.25. The summed E-state index contributed by atoms with van der Waals surface area (Å²) in [6, 6.07) is 17.2. The number of benzene rings is 2. The van der Waals surface area contributed by atoms with Gasteiger partial charge in [-0.25, -0.2) is 0 Å². The topological polar surface area (TPSA) is 26.0 Å². The van der Waals surface area contributed by atoms with Crippen LogP contribution in [-0.4, -0.2) is 5.75 Å². The van der Waals surface area contributed by atoms with Crippen molar-refractivity contribution in [2.45, 2.75) is 31.2 Å². The number of hydrogen-bond acceptors (Lipinski definition) is 2. The lowest BCUT2D eigenvalue weighted by atomic mass is 10.0. The van der Waals surface area contributed by atoms with Crippen LogP contribution in [0.2, 0.25) is 0 Å². The first-order valence-electron chi connectivity index (χ1n) is 7.27. The van der Waals surface area contributed by atoms with Crippen LogP contribution in [-0.2, 0) is 6.42 Å². The van der Waals surface area contributed by atoms with Gasteiger partial charge in [0.25, 0.3) is 0 Å². The van der Waals surface area contributed by atoms with E-state index in [1.54, 1.807) is 11.8 Å². The maximum absolute atomic E-state index is 6.29. The van der Waals surface area contributed by atoms with E-state index >= 15 is 0 Å². The molecule has 0 bridgehead atoms. The van der Waals surface area contributed by atoms with Gasteiger partial charge in [-0.05, 0) is 47.7 Å². The van der Waals surface area contributed by atoms with E-state index in [0.717, 1.165) is 16.6 Å². The fourth-order valence-corrected chi connectivity index (χ4v) is 3.34. The van der Waals surface area contributed by atoms with Crippen LogP contribution in [0.1, 0.15) is 31.0 Å². The van der Waals surface area contributed by atoms with Crippen molar-refractivity contribution >= 4 is 27.7 Å². The molecule has 0 fully saturated rings. The number of rotatable bonds is 6. The number of halogens is 1. The van der Waals surface area contributed by atoms with Gasteiger partial charge in [-0.1, -0.05) is 54.0 Å². The number of nitrogens with two attached hydrogens (primary N) is 1. The van der Waals surface area contributed by atoms with Crippen molar-refractivity contribution < 1.29 is 0 Å². The lowest BCUT2D eigenvalue weighted by Gasteiger charge is -2.13. The smallest absolute Gasteiger partial charge is 0.0390 e. The van der Waals surface area contributed by atoms with Crippen LogP contribution >= 0.6 is 27.7 Å². The quantitative estimate of drug-likeness (QED) is 0.691. The molecule has 0 spiro atoms. The van der Waals surface area contributed by atoms with E-state index in [0.29, 0.717) is 5.92 Å². The second kappa shape index (κ2) is 8.02. The molecule has 0 aliphatic heterocycles. The molecule has 0 saturated carbocycles. The molecule has 0 amide bonds. The van der Waals surface area contributed by atoms with E-state index in [1.165, 1.54) is 16.0 Å². The molecule has 2 aromatic carbocycles. The monoisotopic (exact) mass is 363 g/mol. The Hall–Kier alpha value is -0.770. The SMILES string of the molecule is CC(C)Cc1ccc(C(N)CSc2ccc(Br)cc2)cc1. The molecule has 2 N–H and O–H groups in total. The molecule has 1 atom stereocenters. The highest BCUT2D eigenvalue weighted by molar-refractivity contribution is 9.10. The zero-order valence-electron chi connectivity index (χ0n) is 12.6. The Morgan fingerprint density at radius 1 is 1.00 bits per heavy atom. The van der Waals surface area contributed by atoms with Gasteiger partial charge >= 0.3 is 0 Å². The van der Waals surface area contributed by atoms with Gasteiger partial charge in [0.15, 0.2) is 0 Å². The number of hydrogen-bond donors (Lipinski definition) is 1. The summed E-state index contributed by atoms with van der Waals surface area (Å²) in [5.74, 6) is 1.59. The fourth-order valence-electron chi connectivity index (χ4n) is 2.19. The maximum Gasteiger partial charge on any atom is 0.0390 e. The summed E-state index contributed by atoms with van der Waals surface area (Å²) in [4.78, 5) is 1.25. The van der Waals surface area contributed by atoms with Crippen molar-refractivity contribution in [2.24, 2.45) is 11.7 Å². The third-order valence-electron chi connectivity index (χ3n) is 3.30. The summed E-state index contributed by atoms with van der Waals surface area (Å²) in [6.45, 7) is 4.49. The van der Waals surface area contributed by atoms with E-state index < -0.39 is 0 Å². The largest absolute Gasteiger partial charge is 0.323 e. The minimum absolute atomic E-state index is 0.0757. The summed E-state index contributed by atoms with van der Waals surface area (Å²) in [7, 11) is 0. The Balaban J connectivity index is 1.90. The van der Waals surface area contributed by atoms with Crippen LogP contribution in [0.25, 0.3) is 0 Å². The highest BCUT2D eigenvalue weighted by atomic mass is 79.9. The molecule has 0 aromatic heterocycles. The Labute approximate surface area is 140 Å². The summed E-state index contributed by atoms with van der Waals surface area (Å²) in [5, 5.41) is 0. The van der Waals surface area contributed by atoms with Crippen LogP contribution in [0.4, 0.5) is 0 Å². The van der Waals surface area contributed by atoms with E-state index in [-0.39, 0.29) is 6.04 Å². The van der Waals surface area contributed by atoms with Gasteiger partial charge in [0.1, 0.15) is 0 Å². The van der Waals surface area contributed by atoms with E-state index in [2.05, 4.69) is 78.3 Å². The van der Waals surface area contributed by atoms with Crippen molar-refractivity contribution in [3.8, 4) is 0 Å². The van der Waals surface area contributed by atoms with Gasteiger partial charge in [-0.15, -0.1) is 11.8 Å². The Kier molecular flexibility index (Phi) is 6.34. The lowest BCUT2D eigenvalue weighted by molar-refractivity contribution is 0.647. The fraction of sp³-hybridized carbons (Fsp3) is 0.333. The minimum atomic E-state index is 0.0757. The van der Waals surface area contributed by atoms with Gasteiger partial charge < -0.3 is 5.73 Å². The zero-order valence-corrected chi connectivity index (χ0v) is 15.0. The molecule has 112 valence electrons. The van der Waals surface area contributed by atoms with Gasteiger partial charge in [0, 0.05) is 21.2 Å². The molecule has 2 rings (SSSR count). The molecule has 2 aromatic rings. The van der Waals surface area contributed by atoms with Crippen molar-refractivity contribution in [2.75, 3.05) is 5.75 Å². The lowest BCUT2D eigenvalue weighted by Crippen LogP contribution is -2.13. The summed E-state index contributed by atoms with van der Waals surface area (Å²) in [6.07, 6.45) is 1.13. The van der Waals surface area contributed by atoms with Gasteiger partial charge in [0.05, 0.1) is 0 Å². The average molecular weight is 364 g/mol. The van der Waals surface area contributed by atoms with Gasteiger partial charge in [-0.2, -0.15) is 0 Å². The average Bonchev–Trinajstić information content (AvgIpc) is 2.46. The predicted molar refractivity (Wildman–Crippen MR) is 96.8 cm³/mol. The first kappa shape index (κ1) is 16.6. The van der Waals surface area contributed by atoms with Crippen LogP contribution in [0.3, 0.4) is 0 Å². The second-order valence-corrected chi connectivity index (χ2v) is 7.72. The molecule has 0 heterocycles. The normalized spacial score (nSPS) is 12.6. The standard InChI is InChI=1S/C18H22BrNS/c1-13(2)11-14-3-5-15(6-4-14)18(20)12-21-17-9-7-16(19)8-10-17/h3-10,13,18H,11-12,20H2,1-2H3.